The van der Waals surface area contributed by atoms with Gasteiger partial charge in [0.1, 0.15) is 6.33 Å². The zero-order chi connectivity index (χ0) is 21.5. The number of carbonyl (C=O) groups is 2. The molecule has 0 aliphatic carbocycles. The van der Waals surface area contributed by atoms with E-state index in [1.165, 1.54) is 18.7 Å². The molecule has 1 N–H and O–H groups in total. The van der Waals surface area contributed by atoms with E-state index in [0.717, 1.165) is 11.3 Å². The molecule has 3 rings (SSSR count). The van der Waals surface area contributed by atoms with Crippen molar-refractivity contribution in [1.29, 1.82) is 0 Å². The van der Waals surface area contributed by atoms with Crippen LogP contribution in [0.4, 0.5) is 5.69 Å². The molecule has 0 atom stereocenters. The second-order valence-electron chi connectivity index (χ2n) is 7.10. The van der Waals surface area contributed by atoms with Crippen molar-refractivity contribution in [2.45, 2.75) is 38.5 Å². The highest BCUT2D eigenvalue weighted by atomic mass is 32.2. The van der Waals surface area contributed by atoms with E-state index in [0.29, 0.717) is 17.4 Å². The monoisotopic (exact) mass is 423 g/mol. The lowest BCUT2D eigenvalue weighted by Gasteiger charge is -2.26. The van der Waals surface area contributed by atoms with Gasteiger partial charge in [-0.2, -0.15) is 0 Å². The van der Waals surface area contributed by atoms with E-state index in [2.05, 4.69) is 15.5 Å². The lowest BCUT2D eigenvalue weighted by atomic mass is 10.2. The van der Waals surface area contributed by atoms with Crippen LogP contribution in [0, 0.1) is 0 Å². The number of hydrogen-bond donors (Lipinski definition) is 1. The maximum atomic E-state index is 12.9. The normalized spacial score (nSPS) is 10.8. The van der Waals surface area contributed by atoms with Crippen LogP contribution in [0.5, 0.6) is 0 Å². The fourth-order valence-corrected chi connectivity index (χ4v) is 3.80. The maximum Gasteiger partial charge on any atom is 0.233 e. The topological polar surface area (TPSA) is 80.1 Å². The first-order valence-electron chi connectivity index (χ1n) is 9.68. The predicted octanol–water partition coefficient (Wildman–Crippen LogP) is 3.76. The van der Waals surface area contributed by atoms with Gasteiger partial charge < -0.3 is 10.2 Å². The van der Waals surface area contributed by atoms with Crippen LogP contribution in [0.1, 0.15) is 26.3 Å². The van der Waals surface area contributed by atoms with E-state index in [4.69, 9.17) is 0 Å². The number of carbonyl (C=O) groups excluding carboxylic acids is 2. The van der Waals surface area contributed by atoms with Crippen LogP contribution in [0.3, 0.4) is 0 Å². The van der Waals surface area contributed by atoms with Crippen LogP contribution in [-0.2, 0) is 16.1 Å². The smallest absolute Gasteiger partial charge is 0.233 e. The van der Waals surface area contributed by atoms with Crippen molar-refractivity contribution in [2.24, 2.45) is 0 Å². The van der Waals surface area contributed by atoms with Gasteiger partial charge in [0, 0.05) is 25.2 Å². The van der Waals surface area contributed by atoms with Gasteiger partial charge in [0.2, 0.25) is 11.8 Å². The van der Waals surface area contributed by atoms with E-state index in [-0.39, 0.29) is 23.6 Å². The van der Waals surface area contributed by atoms with Crippen LogP contribution >= 0.6 is 11.8 Å². The van der Waals surface area contributed by atoms with Crippen molar-refractivity contribution < 1.29 is 9.59 Å². The first kappa shape index (κ1) is 21.6. The molecule has 156 valence electrons. The van der Waals surface area contributed by atoms with Gasteiger partial charge in [-0.05, 0) is 37.6 Å². The van der Waals surface area contributed by atoms with Crippen molar-refractivity contribution in [3.8, 4) is 5.69 Å². The zero-order valence-corrected chi connectivity index (χ0v) is 18.1. The van der Waals surface area contributed by atoms with Crippen molar-refractivity contribution in [2.75, 3.05) is 11.1 Å². The molecule has 1 aromatic heterocycles. The van der Waals surface area contributed by atoms with Crippen LogP contribution in [-0.4, -0.2) is 43.3 Å². The van der Waals surface area contributed by atoms with Crippen molar-refractivity contribution in [3.05, 3.63) is 66.5 Å². The lowest BCUT2D eigenvalue weighted by Crippen LogP contribution is -2.37. The molecule has 1 heterocycles. The minimum absolute atomic E-state index is 0.0420. The van der Waals surface area contributed by atoms with Crippen molar-refractivity contribution in [1.82, 2.24) is 19.7 Å². The summed E-state index contributed by atoms with van der Waals surface area (Å²) in [4.78, 5) is 26.1. The number of benzene rings is 2. The highest BCUT2D eigenvalue weighted by molar-refractivity contribution is 7.99. The van der Waals surface area contributed by atoms with Crippen LogP contribution in [0.2, 0.25) is 0 Å². The Hall–Kier alpha value is -3.13. The molecule has 0 radical (unpaired) electrons. The summed E-state index contributed by atoms with van der Waals surface area (Å²) in [5, 5.41) is 11.5. The minimum Gasteiger partial charge on any atom is -0.335 e. The molecule has 0 fully saturated rings. The number of thioether (sulfide) groups is 1. The highest BCUT2D eigenvalue weighted by Gasteiger charge is 2.19. The third-order valence-corrected chi connectivity index (χ3v) is 5.35. The first-order valence-corrected chi connectivity index (χ1v) is 10.7. The summed E-state index contributed by atoms with van der Waals surface area (Å²) in [6.45, 7) is 6.07. The Bertz CT molecular complexity index is 1000. The third kappa shape index (κ3) is 5.70. The molecule has 3 aromatic rings. The summed E-state index contributed by atoms with van der Waals surface area (Å²) >= 11 is 1.34. The van der Waals surface area contributed by atoms with Crippen LogP contribution in [0.25, 0.3) is 5.69 Å². The number of anilines is 1. The average molecular weight is 424 g/mol. The standard InChI is InChI=1S/C22H25N5O2S/c1-16(2)26(13-18-8-5-4-6-9-18)21(29)14-30-22-25-23-15-27(22)20-11-7-10-19(12-20)24-17(3)28/h4-12,15-16H,13-14H2,1-3H3,(H,24,28). The molecule has 0 aliphatic rings. The molecule has 0 saturated heterocycles. The summed E-state index contributed by atoms with van der Waals surface area (Å²) in [6.07, 6.45) is 1.60. The van der Waals surface area contributed by atoms with Gasteiger partial charge in [-0.3, -0.25) is 14.2 Å². The number of amides is 2. The molecule has 30 heavy (non-hydrogen) atoms. The van der Waals surface area contributed by atoms with Crippen LogP contribution < -0.4 is 5.32 Å². The molecule has 0 aliphatic heterocycles. The Labute approximate surface area is 180 Å². The van der Waals surface area contributed by atoms with Gasteiger partial charge in [0.15, 0.2) is 5.16 Å². The average Bonchev–Trinajstić information content (AvgIpc) is 3.19. The molecular weight excluding hydrogens is 398 g/mol. The van der Waals surface area contributed by atoms with Gasteiger partial charge >= 0.3 is 0 Å². The summed E-state index contributed by atoms with van der Waals surface area (Å²) in [7, 11) is 0. The lowest BCUT2D eigenvalue weighted by molar-refractivity contribution is -0.130. The second kappa shape index (κ2) is 10.1. The first-order chi connectivity index (χ1) is 14.4. The second-order valence-corrected chi connectivity index (χ2v) is 8.05. The molecule has 7 nitrogen and oxygen atoms in total. The van der Waals surface area contributed by atoms with E-state index in [1.807, 2.05) is 73.3 Å². The predicted molar refractivity (Wildman–Crippen MR) is 119 cm³/mol. The van der Waals surface area contributed by atoms with Gasteiger partial charge in [-0.15, -0.1) is 10.2 Å². The molecule has 2 amide bonds. The van der Waals surface area contributed by atoms with Crippen molar-refractivity contribution >= 4 is 29.3 Å². The molecule has 2 aromatic carbocycles. The Morgan fingerprint density at radius 3 is 2.60 bits per heavy atom. The summed E-state index contributed by atoms with van der Waals surface area (Å²) in [5.74, 6) is 0.165. The Kier molecular flexibility index (Phi) is 7.24. The SMILES string of the molecule is CC(=O)Nc1cccc(-n2cnnc2SCC(=O)N(Cc2ccccc2)C(C)C)c1. The fraction of sp³-hybridized carbons (Fsp3) is 0.273. The van der Waals surface area contributed by atoms with Crippen molar-refractivity contribution in [3.63, 3.8) is 0 Å². The molecule has 0 bridgehead atoms. The summed E-state index contributed by atoms with van der Waals surface area (Å²) < 4.78 is 1.81. The number of nitrogens with zero attached hydrogens (tertiary/aromatic N) is 4. The molecule has 0 unspecified atom stereocenters. The molecule has 0 saturated carbocycles. The van der Waals surface area contributed by atoms with E-state index < -0.39 is 0 Å². The Balaban J connectivity index is 1.70. The quantitative estimate of drug-likeness (QED) is 0.558. The molecule has 8 heteroatoms. The maximum absolute atomic E-state index is 12.9. The summed E-state index contributed by atoms with van der Waals surface area (Å²) in [6, 6.07) is 17.5. The minimum atomic E-state index is -0.136. The van der Waals surface area contributed by atoms with Gasteiger partial charge in [0.05, 0.1) is 11.4 Å². The number of nitrogens with one attached hydrogen (secondary N) is 1. The largest absolute Gasteiger partial charge is 0.335 e. The molecule has 0 spiro atoms. The van der Waals surface area contributed by atoms with Gasteiger partial charge in [0.25, 0.3) is 0 Å². The highest BCUT2D eigenvalue weighted by Crippen LogP contribution is 2.22. The Morgan fingerprint density at radius 1 is 1.13 bits per heavy atom. The number of hydrogen-bond acceptors (Lipinski definition) is 5. The fourth-order valence-electron chi connectivity index (χ4n) is 2.98. The number of rotatable bonds is 8. The van der Waals surface area contributed by atoms with Gasteiger partial charge in [-0.1, -0.05) is 48.2 Å². The zero-order valence-electron chi connectivity index (χ0n) is 17.3. The number of aromatic nitrogens is 3. The van der Waals surface area contributed by atoms with Gasteiger partial charge in [-0.25, -0.2) is 0 Å². The molecular formula is C22H25N5O2S. The van der Waals surface area contributed by atoms with E-state index in [1.54, 1.807) is 10.9 Å². The third-order valence-electron chi connectivity index (χ3n) is 4.43. The Morgan fingerprint density at radius 2 is 1.90 bits per heavy atom. The van der Waals surface area contributed by atoms with E-state index >= 15 is 0 Å². The van der Waals surface area contributed by atoms with Crippen LogP contribution in [0.15, 0.2) is 66.1 Å². The summed E-state index contributed by atoms with van der Waals surface area (Å²) in [5.41, 5.74) is 2.60. The van der Waals surface area contributed by atoms with E-state index in [9.17, 15) is 9.59 Å².